The van der Waals surface area contributed by atoms with Gasteiger partial charge >= 0.3 is 6.09 Å². The zero-order valence-electron chi connectivity index (χ0n) is 16.8. The van der Waals surface area contributed by atoms with Gasteiger partial charge in [0.05, 0.1) is 10.6 Å². The van der Waals surface area contributed by atoms with E-state index in [1.165, 1.54) is 11.0 Å². The molecule has 0 aliphatic rings. The predicted octanol–water partition coefficient (Wildman–Crippen LogP) is 3.53. The van der Waals surface area contributed by atoms with E-state index in [4.69, 9.17) is 16.3 Å². The Morgan fingerprint density at radius 2 is 1.74 bits per heavy atom. The minimum absolute atomic E-state index is 0.164. The van der Waals surface area contributed by atoms with Crippen LogP contribution in [0.15, 0.2) is 18.2 Å². The third kappa shape index (κ3) is 7.09. The second-order valence-electron chi connectivity index (χ2n) is 7.75. The van der Waals surface area contributed by atoms with Crippen molar-refractivity contribution >= 4 is 35.2 Å². The predicted molar refractivity (Wildman–Crippen MR) is 106 cm³/mol. The summed E-state index contributed by atoms with van der Waals surface area (Å²) in [5.41, 5.74) is 0.105. The molecule has 0 aliphatic carbocycles. The van der Waals surface area contributed by atoms with Crippen molar-refractivity contribution in [3.8, 4) is 0 Å². The molecule has 3 amide bonds. The van der Waals surface area contributed by atoms with Crippen LogP contribution in [-0.4, -0.2) is 48.5 Å². The maximum absolute atomic E-state index is 12.6. The molecule has 1 aromatic rings. The van der Waals surface area contributed by atoms with Crippen LogP contribution < -0.4 is 10.6 Å². The average Bonchev–Trinajstić information content (AvgIpc) is 2.49. The van der Waals surface area contributed by atoms with Gasteiger partial charge in [0.25, 0.3) is 5.91 Å². The number of alkyl carbamates (subject to hydrolysis) is 1. The van der Waals surface area contributed by atoms with Gasteiger partial charge in [-0.05, 0) is 44.9 Å². The van der Waals surface area contributed by atoms with Crippen LogP contribution in [0.4, 0.5) is 10.5 Å². The van der Waals surface area contributed by atoms with Gasteiger partial charge in [0.1, 0.15) is 11.6 Å². The Morgan fingerprint density at radius 3 is 2.19 bits per heavy atom. The molecule has 0 fully saturated rings. The maximum atomic E-state index is 12.6. The molecule has 27 heavy (non-hydrogen) atoms. The molecule has 1 atom stereocenters. The van der Waals surface area contributed by atoms with E-state index in [1.807, 2.05) is 13.8 Å². The van der Waals surface area contributed by atoms with Gasteiger partial charge in [-0.2, -0.15) is 0 Å². The highest BCUT2D eigenvalue weighted by Gasteiger charge is 2.27. The number of ether oxygens (including phenoxy) is 1. The highest BCUT2D eigenvalue weighted by molar-refractivity contribution is 6.34. The van der Waals surface area contributed by atoms with Crippen molar-refractivity contribution in [1.82, 2.24) is 10.2 Å². The highest BCUT2D eigenvalue weighted by Crippen LogP contribution is 2.22. The largest absolute Gasteiger partial charge is 0.444 e. The zero-order valence-corrected chi connectivity index (χ0v) is 17.6. The number of nitrogens with zero attached hydrogens (tertiary/aromatic N) is 1. The lowest BCUT2D eigenvalue weighted by Crippen LogP contribution is -2.48. The molecule has 0 aliphatic heterocycles. The van der Waals surface area contributed by atoms with E-state index < -0.39 is 23.6 Å². The van der Waals surface area contributed by atoms with Gasteiger partial charge in [-0.1, -0.05) is 25.4 Å². The van der Waals surface area contributed by atoms with Crippen LogP contribution in [-0.2, 0) is 9.53 Å². The van der Waals surface area contributed by atoms with Crippen LogP contribution in [0.25, 0.3) is 0 Å². The van der Waals surface area contributed by atoms with Gasteiger partial charge in [-0.25, -0.2) is 4.79 Å². The summed E-state index contributed by atoms with van der Waals surface area (Å²) in [6.07, 6.45) is -0.665. The van der Waals surface area contributed by atoms with Crippen molar-refractivity contribution in [3.05, 3.63) is 28.8 Å². The third-order valence-electron chi connectivity index (χ3n) is 3.49. The standard InChI is InChI=1S/C19H28ClN3O4/c1-11(2)15(22-18(26)27-19(3,4)5)16(24)21-12-8-9-13(14(20)10-12)17(25)23(6)7/h8-11,15H,1-7H3,(H,21,24)(H,22,26). The van der Waals surface area contributed by atoms with Crippen molar-refractivity contribution in [2.24, 2.45) is 5.92 Å². The van der Waals surface area contributed by atoms with Gasteiger partial charge in [0.2, 0.25) is 5.91 Å². The van der Waals surface area contributed by atoms with Crippen LogP contribution in [0.1, 0.15) is 45.0 Å². The molecule has 150 valence electrons. The quantitative estimate of drug-likeness (QED) is 0.795. The fourth-order valence-corrected chi connectivity index (χ4v) is 2.46. The lowest BCUT2D eigenvalue weighted by Gasteiger charge is -2.25. The van der Waals surface area contributed by atoms with Gasteiger partial charge in [-0.3, -0.25) is 9.59 Å². The Labute approximate surface area is 165 Å². The second kappa shape index (κ2) is 9.08. The molecule has 0 saturated carbocycles. The molecule has 0 radical (unpaired) electrons. The summed E-state index contributed by atoms with van der Waals surface area (Å²) in [7, 11) is 3.26. The minimum atomic E-state index is -0.790. The number of anilines is 1. The smallest absolute Gasteiger partial charge is 0.408 e. The minimum Gasteiger partial charge on any atom is -0.444 e. The second-order valence-corrected chi connectivity index (χ2v) is 8.16. The summed E-state index contributed by atoms with van der Waals surface area (Å²) in [4.78, 5) is 38.0. The van der Waals surface area contributed by atoms with Crippen molar-refractivity contribution in [3.63, 3.8) is 0 Å². The van der Waals surface area contributed by atoms with Gasteiger partial charge < -0.3 is 20.3 Å². The van der Waals surface area contributed by atoms with Gasteiger partial charge in [0.15, 0.2) is 0 Å². The molecule has 0 saturated heterocycles. The Hall–Kier alpha value is -2.28. The fourth-order valence-electron chi connectivity index (χ4n) is 2.20. The molecular weight excluding hydrogens is 370 g/mol. The first kappa shape index (κ1) is 22.8. The van der Waals surface area contributed by atoms with E-state index in [2.05, 4.69) is 10.6 Å². The molecule has 8 heteroatoms. The van der Waals surface area contributed by atoms with Gasteiger partial charge in [-0.15, -0.1) is 0 Å². The summed E-state index contributed by atoms with van der Waals surface area (Å²) in [5.74, 6) is -0.800. The molecule has 2 N–H and O–H groups in total. The van der Waals surface area contributed by atoms with Crippen LogP contribution in [0, 0.1) is 5.92 Å². The molecule has 1 aromatic carbocycles. The number of nitrogens with one attached hydrogen (secondary N) is 2. The molecule has 0 heterocycles. The van der Waals surface area contributed by atoms with Crippen LogP contribution in [0.2, 0.25) is 5.02 Å². The van der Waals surface area contributed by atoms with Crippen molar-refractivity contribution < 1.29 is 19.1 Å². The number of hydrogen-bond donors (Lipinski definition) is 2. The lowest BCUT2D eigenvalue weighted by atomic mass is 10.0. The first-order valence-corrected chi connectivity index (χ1v) is 9.01. The number of hydrogen-bond acceptors (Lipinski definition) is 4. The first-order valence-electron chi connectivity index (χ1n) is 8.63. The Kier molecular flexibility index (Phi) is 7.65. The SMILES string of the molecule is CC(C)C(NC(=O)OC(C)(C)C)C(=O)Nc1ccc(C(=O)N(C)C)c(Cl)c1. The van der Waals surface area contributed by atoms with Gasteiger partial charge in [0, 0.05) is 19.8 Å². The number of amides is 3. The Bertz CT molecular complexity index is 711. The maximum Gasteiger partial charge on any atom is 0.408 e. The molecule has 7 nitrogen and oxygen atoms in total. The number of halogens is 1. The normalized spacial score (nSPS) is 12.3. The molecule has 0 aromatic heterocycles. The van der Waals surface area contributed by atoms with Crippen molar-refractivity contribution in [2.75, 3.05) is 19.4 Å². The van der Waals surface area contributed by atoms with E-state index >= 15 is 0 Å². The average molecular weight is 398 g/mol. The van der Waals surface area contributed by atoms with E-state index in [-0.39, 0.29) is 16.8 Å². The summed E-state index contributed by atoms with van der Waals surface area (Å²) in [5, 5.41) is 5.52. The van der Waals surface area contributed by atoms with Crippen molar-refractivity contribution in [2.45, 2.75) is 46.3 Å². The number of benzene rings is 1. The third-order valence-corrected chi connectivity index (χ3v) is 3.81. The molecule has 0 spiro atoms. The Morgan fingerprint density at radius 1 is 1.15 bits per heavy atom. The molecule has 1 unspecified atom stereocenters. The zero-order chi connectivity index (χ0) is 20.9. The number of carbonyl (C=O) groups excluding carboxylic acids is 3. The molecular formula is C19H28ClN3O4. The van der Waals surface area contributed by atoms with Crippen LogP contribution in [0.3, 0.4) is 0 Å². The van der Waals surface area contributed by atoms with Crippen molar-refractivity contribution in [1.29, 1.82) is 0 Å². The summed E-state index contributed by atoms with van der Waals surface area (Å²) in [6, 6.07) is 3.85. The summed E-state index contributed by atoms with van der Waals surface area (Å²) < 4.78 is 5.21. The Balaban J connectivity index is 2.89. The summed E-state index contributed by atoms with van der Waals surface area (Å²) >= 11 is 6.16. The van der Waals surface area contributed by atoms with Crippen LogP contribution >= 0.6 is 11.6 Å². The first-order chi connectivity index (χ1) is 12.3. The number of carbonyl (C=O) groups is 3. The van der Waals surface area contributed by atoms with E-state index in [9.17, 15) is 14.4 Å². The van der Waals surface area contributed by atoms with E-state index in [1.54, 1.807) is 47.0 Å². The van der Waals surface area contributed by atoms with Crippen LogP contribution in [0.5, 0.6) is 0 Å². The van der Waals surface area contributed by atoms with E-state index in [0.29, 0.717) is 11.3 Å². The number of rotatable bonds is 5. The fraction of sp³-hybridized carbons (Fsp3) is 0.526. The molecule has 1 rings (SSSR count). The monoisotopic (exact) mass is 397 g/mol. The highest BCUT2D eigenvalue weighted by atomic mass is 35.5. The lowest BCUT2D eigenvalue weighted by molar-refractivity contribution is -0.119. The topological polar surface area (TPSA) is 87.7 Å². The molecule has 0 bridgehead atoms. The summed E-state index contributed by atoms with van der Waals surface area (Å²) in [6.45, 7) is 8.86. The van der Waals surface area contributed by atoms with E-state index in [0.717, 1.165) is 0 Å².